The summed E-state index contributed by atoms with van der Waals surface area (Å²) in [5.74, 6) is -0.989. The van der Waals surface area contributed by atoms with Gasteiger partial charge in [0.05, 0.1) is 16.6 Å². The minimum absolute atomic E-state index is 0.137. The standard InChI is InChI=1S/C20H18FN3O3/c1-12(18(25)22-13-10-11-13)23-16-8-4-2-6-14(16)19(26)24(20(23)27)17-9-5-3-7-15(17)21/h2-9,12-13H,10-11H2,1H3,(H,22,25)/t12-/m1/s1. The van der Waals surface area contributed by atoms with E-state index in [9.17, 15) is 18.8 Å². The summed E-state index contributed by atoms with van der Waals surface area (Å²) in [5, 5.41) is 3.11. The lowest BCUT2D eigenvalue weighted by molar-refractivity contribution is -0.124. The number of nitrogens with zero attached hydrogens (tertiary/aromatic N) is 2. The number of benzene rings is 2. The number of rotatable bonds is 4. The average Bonchev–Trinajstić information content (AvgIpc) is 3.47. The molecule has 1 fully saturated rings. The van der Waals surface area contributed by atoms with Crippen molar-refractivity contribution in [2.75, 3.05) is 0 Å². The fourth-order valence-corrected chi connectivity index (χ4v) is 3.17. The summed E-state index contributed by atoms with van der Waals surface area (Å²) in [6.45, 7) is 1.60. The van der Waals surface area contributed by atoms with E-state index in [1.807, 2.05) is 0 Å². The molecule has 1 heterocycles. The van der Waals surface area contributed by atoms with Crippen molar-refractivity contribution in [2.45, 2.75) is 31.8 Å². The van der Waals surface area contributed by atoms with Crippen molar-refractivity contribution >= 4 is 16.8 Å². The number of para-hydroxylation sites is 2. The summed E-state index contributed by atoms with van der Waals surface area (Å²) < 4.78 is 16.4. The minimum Gasteiger partial charge on any atom is -0.352 e. The van der Waals surface area contributed by atoms with Crippen LogP contribution in [0.2, 0.25) is 0 Å². The molecule has 1 saturated carbocycles. The molecule has 138 valence electrons. The Morgan fingerprint density at radius 2 is 1.78 bits per heavy atom. The van der Waals surface area contributed by atoms with Gasteiger partial charge in [0.1, 0.15) is 11.9 Å². The fourth-order valence-electron chi connectivity index (χ4n) is 3.17. The molecular formula is C20H18FN3O3. The summed E-state index contributed by atoms with van der Waals surface area (Å²) in [5.41, 5.74) is -1.16. The molecule has 0 aliphatic heterocycles. The van der Waals surface area contributed by atoms with E-state index in [2.05, 4.69) is 5.32 Å². The normalized spacial score (nSPS) is 14.9. The van der Waals surface area contributed by atoms with Gasteiger partial charge < -0.3 is 5.32 Å². The van der Waals surface area contributed by atoms with Crippen LogP contribution in [-0.2, 0) is 4.79 Å². The number of amides is 1. The molecule has 1 aliphatic rings. The van der Waals surface area contributed by atoms with Gasteiger partial charge in [-0.2, -0.15) is 0 Å². The second-order valence-electron chi connectivity index (χ2n) is 6.72. The summed E-state index contributed by atoms with van der Waals surface area (Å²) in [4.78, 5) is 38.7. The van der Waals surface area contributed by atoms with E-state index >= 15 is 0 Å². The van der Waals surface area contributed by atoms with Crippen LogP contribution in [0, 0.1) is 5.82 Å². The maximum atomic E-state index is 14.3. The van der Waals surface area contributed by atoms with Gasteiger partial charge in [-0.05, 0) is 44.0 Å². The van der Waals surface area contributed by atoms with Crippen molar-refractivity contribution in [3.05, 3.63) is 75.2 Å². The fraction of sp³-hybridized carbons (Fsp3) is 0.250. The highest BCUT2D eigenvalue weighted by Crippen LogP contribution is 2.21. The summed E-state index contributed by atoms with van der Waals surface area (Å²) in [6, 6.07) is 11.4. The lowest BCUT2D eigenvalue weighted by Gasteiger charge is -2.19. The molecule has 2 aromatic carbocycles. The number of hydrogen-bond donors (Lipinski definition) is 1. The molecule has 1 atom stereocenters. The molecule has 0 saturated heterocycles. The summed E-state index contributed by atoms with van der Waals surface area (Å²) >= 11 is 0. The Morgan fingerprint density at radius 1 is 1.11 bits per heavy atom. The van der Waals surface area contributed by atoms with Crippen molar-refractivity contribution in [3.8, 4) is 5.69 Å². The number of carbonyl (C=O) groups is 1. The molecule has 27 heavy (non-hydrogen) atoms. The first-order valence-corrected chi connectivity index (χ1v) is 8.80. The number of nitrogens with one attached hydrogen (secondary N) is 1. The lowest BCUT2D eigenvalue weighted by atomic mass is 10.2. The topological polar surface area (TPSA) is 73.1 Å². The highest BCUT2D eigenvalue weighted by Gasteiger charge is 2.28. The van der Waals surface area contributed by atoms with Crippen LogP contribution in [0.5, 0.6) is 0 Å². The Bertz CT molecular complexity index is 1160. The van der Waals surface area contributed by atoms with Crippen molar-refractivity contribution < 1.29 is 9.18 Å². The molecule has 0 spiro atoms. The van der Waals surface area contributed by atoms with E-state index in [1.165, 1.54) is 22.8 Å². The van der Waals surface area contributed by atoms with E-state index in [1.54, 1.807) is 37.3 Å². The van der Waals surface area contributed by atoms with E-state index in [-0.39, 0.29) is 23.0 Å². The van der Waals surface area contributed by atoms with Crippen molar-refractivity contribution in [3.63, 3.8) is 0 Å². The third-order valence-corrected chi connectivity index (χ3v) is 4.78. The van der Waals surface area contributed by atoms with Crippen molar-refractivity contribution in [1.29, 1.82) is 0 Å². The Hall–Kier alpha value is -3.22. The Balaban J connectivity index is 2.00. The van der Waals surface area contributed by atoms with Gasteiger partial charge in [0.2, 0.25) is 5.91 Å². The second kappa shape index (κ2) is 6.50. The molecule has 1 aliphatic carbocycles. The lowest BCUT2D eigenvalue weighted by Crippen LogP contribution is -2.44. The maximum absolute atomic E-state index is 14.3. The predicted octanol–water partition coefficient (Wildman–Crippen LogP) is 2.13. The molecule has 6 nitrogen and oxygen atoms in total. The first kappa shape index (κ1) is 17.2. The third-order valence-electron chi connectivity index (χ3n) is 4.78. The van der Waals surface area contributed by atoms with E-state index in [4.69, 9.17) is 0 Å². The first-order valence-electron chi connectivity index (χ1n) is 8.80. The van der Waals surface area contributed by atoms with E-state index in [0.717, 1.165) is 17.4 Å². The smallest absolute Gasteiger partial charge is 0.336 e. The van der Waals surface area contributed by atoms with Gasteiger partial charge in [0, 0.05) is 6.04 Å². The maximum Gasteiger partial charge on any atom is 0.336 e. The minimum atomic E-state index is -0.846. The van der Waals surface area contributed by atoms with E-state index < -0.39 is 23.1 Å². The van der Waals surface area contributed by atoms with Crippen molar-refractivity contribution in [2.24, 2.45) is 0 Å². The van der Waals surface area contributed by atoms with Gasteiger partial charge in [-0.25, -0.2) is 13.8 Å². The third kappa shape index (κ3) is 2.95. The van der Waals surface area contributed by atoms with Gasteiger partial charge in [0.25, 0.3) is 5.56 Å². The van der Waals surface area contributed by atoms with Gasteiger partial charge in [0.15, 0.2) is 0 Å². The molecular weight excluding hydrogens is 349 g/mol. The van der Waals surface area contributed by atoms with Crippen LogP contribution in [0.1, 0.15) is 25.8 Å². The van der Waals surface area contributed by atoms with Gasteiger partial charge in [-0.15, -0.1) is 0 Å². The molecule has 1 aromatic heterocycles. The Kier molecular flexibility index (Phi) is 4.14. The first-order chi connectivity index (χ1) is 13.0. The van der Waals surface area contributed by atoms with Crippen LogP contribution in [-0.4, -0.2) is 21.1 Å². The zero-order valence-corrected chi connectivity index (χ0v) is 14.7. The highest BCUT2D eigenvalue weighted by atomic mass is 19.1. The SMILES string of the molecule is C[C@H](C(=O)NC1CC1)n1c(=O)n(-c2ccccc2F)c(=O)c2ccccc21. The molecule has 0 bridgehead atoms. The highest BCUT2D eigenvalue weighted by molar-refractivity contribution is 5.84. The zero-order chi connectivity index (χ0) is 19.1. The van der Waals surface area contributed by atoms with Gasteiger partial charge >= 0.3 is 5.69 Å². The Labute approximate surface area is 153 Å². The second-order valence-corrected chi connectivity index (χ2v) is 6.72. The van der Waals surface area contributed by atoms with Crippen LogP contribution >= 0.6 is 0 Å². The monoisotopic (exact) mass is 367 g/mol. The largest absolute Gasteiger partial charge is 0.352 e. The average molecular weight is 367 g/mol. The number of fused-ring (bicyclic) bond motifs is 1. The van der Waals surface area contributed by atoms with Gasteiger partial charge in [-0.1, -0.05) is 24.3 Å². The molecule has 7 heteroatoms. The number of aromatic nitrogens is 2. The van der Waals surface area contributed by atoms with Crippen LogP contribution in [0.25, 0.3) is 16.6 Å². The summed E-state index contributed by atoms with van der Waals surface area (Å²) in [6.07, 6.45) is 1.84. The van der Waals surface area contributed by atoms with E-state index in [0.29, 0.717) is 5.52 Å². The van der Waals surface area contributed by atoms with Crippen LogP contribution in [0.15, 0.2) is 58.1 Å². The number of carbonyl (C=O) groups excluding carboxylic acids is 1. The van der Waals surface area contributed by atoms with Crippen LogP contribution in [0.3, 0.4) is 0 Å². The quantitative estimate of drug-likeness (QED) is 0.768. The Morgan fingerprint density at radius 3 is 2.48 bits per heavy atom. The molecule has 0 radical (unpaired) electrons. The number of hydrogen-bond acceptors (Lipinski definition) is 3. The summed E-state index contributed by atoms with van der Waals surface area (Å²) in [7, 11) is 0. The van der Waals surface area contributed by atoms with Crippen LogP contribution in [0.4, 0.5) is 4.39 Å². The molecule has 1 amide bonds. The number of halogens is 1. The molecule has 1 N–H and O–H groups in total. The zero-order valence-electron chi connectivity index (χ0n) is 14.7. The van der Waals surface area contributed by atoms with Crippen LogP contribution < -0.4 is 16.6 Å². The predicted molar refractivity (Wildman–Crippen MR) is 99.6 cm³/mol. The van der Waals surface area contributed by atoms with Gasteiger partial charge in [-0.3, -0.25) is 14.2 Å². The molecule has 4 rings (SSSR count). The molecule has 0 unspecified atom stereocenters. The van der Waals surface area contributed by atoms with Crippen molar-refractivity contribution in [1.82, 2.24) is 14.5 Å². The molecule has 3 aromatic rings.